The molecule has 0 radical (unpaired) electrons. The minimum Gasteiger partial charge on any atom is -0.338 e. The Labute approximate surface area is 186 Å². The van der Waals surface area contributed by atoms with Crippen LogP contribution in [0.2, 0.25) is 0 Å². The molecule has 0 aliphatic carbocycles. The van der Waals surface area contributed by atoms with E-state index in [-0.39, 0.29) is 23.9 Å². The summed E-state index contributed by atoms with van der Waals surface area (Å²) in [6, 6.07) is 14.4. The summed E-state index contributed by atoms with van der Waals surface area (Å²) in [7, 11) is -3.73. The van der Waals surface area contributed by atoms with Gasteiger partial charge in [-0.15, -0.1) is 0 Å². The number of aromatic nitrogens is 2. The van der Waals surface area contributed by atoms with Crippen LogP contribution in [0.3, 0.4) is 0 Å². The highest BCUT2D eigenvalue weighted by atomic mass is 32.2. The van der Waals surface area contributed by atoms with Crippen molar-refractivity contribution in [2.45, 2.75) is 11.3 Å². The van der Waals surface area contributed by atoms with Crippen LogP contribution in [-0.2, 0) is 14.8 Å². The van der Waals surface area contributed by atoms with E-state index in [2.05, 4.69) is 5.10 Å². The number of hydrogen-bond donors (Lipinski definition) is 0. The van der Waals surface area contributed by atoms with Gasteiger partial charge in [0.05, 0.1) is 16.8 Å². The molecule has 0 bridgehead atoms. The zero-order chi connectivity index (χ0) is 22.6. The fourth-order valence-electron chi connectivity index (χ4n) is 3.53. The second-order valence-electron chi connectivity index (χ2n) is 7.42. The molecule has 1 saturated heterocycles. The summed E-state index contributed by atoms with van der Waals surface area (Å²) in [6.07, 6.45) is 7.21. The van der Waals surface area contributed by atoms with E-state index in [0.29, 0.717) is 19.5 Å². The Bertz CT molecular complexity index is 1210. The van der Waals surface area contributed by atoms with Crippen molar-refractivity contribution in [1.82, 2.24) is 19.0 Å². The maximum absolute atomic E-state index is 13.1. The summed E-state index contributed by atoms with van der Waals surface area (Å²) in [5.74, 6) is -0.670. The van der Waals surface area contributed by atoms with E-state index in [0.717, 1.165) is 23.4 Å². The molecule has 166 valence electrons. The van der Waals surface area contributed by atoms with Crippen molar-refractivity contribution in [3.63, 3.8) is 0 Å². The topological polar surface area (TPSA) is 75.5 Å². The van der Waals surface area contributed by atoms with Crippen LogP contribution in [-0.4, -0.2) is 59.5 Å². The molecule has 3 aromatic rings. The maximum Gasteiger partial charge on any atom is 0.246 e. The highest BCUT2D eigenvalue weighted by Gasteiger charge is 2.27. The molecule has 0 atom stereocenters. The van der Waals surface area contributed by atoms with Gasteiger partial charge >= 0.3 is 0 Å². The molecule has 4 rings (SSSR count). The zero-order valence-electron chi connectivity index (χ0n) is 17.3. The quantitative estimate of drug-likeness (QED) is 0.556. The van der Waals surface area contributed by atoms with Gasteiger partial charge in [0.1, 0.15) is 5.82 Å². The first kappa shape index (κ1) is 21.9. The number of carbonyl (C=O) groups excluding carboxylic acids is 1. The Balaban J connectivity index is 1.38. The summed E-state index contributed by atoms with van der Waals surface area (Å²) >= 11 is 0. The van der Waals surface area contributed by atoms with E-state index in [1.54, 1.807) is 21.9 Å². The van der Waals surface area contributed by atoms with Gasteiger partial charge in [0.2, 0.25) is 15.9 Å². The molecule has 2 heterocycles. The van der Waals surface area contributed by atoms with Gasteiger partial charge in [0, 0.05) is 44.0 Å². The van der Waals surface area contributed by atoms with Crippen molar-refractivity contribution in [2.24, 2.45) is 0 Å². The smallest absolute Gasteiger partial charge is 0.246 e. The van der Waals surface area contributed by atoms with E-state index in [9.17, 15) is 17.6 Å². The molecule has 7 nitrogen and oxygen atoms in total. The Morgan fingerprint density at radius 3 is 2.47 bits per heavy atom. The van der Waals surface area contributed by atoms with Crippen molar-refractivity contribution in [3.8, 4) is 5.69 Å². The second kappa shape index (κ2) is 9.46. The second-order valence-corrected chi connectivity index (χ2v) is 9.36. The van der Waals surface area contributed by atoms with Gasteiger partial charge in [-0.3, -0.25) is 4.79 Å². The summed E-state index contributed by atoms with van der Waals surface area (Å²) in [5, 5.41) is 4.31. The molecule has 0 spiro atoms. The van der Waals surface area contributed by atoms with E-state index in [1.807, 2.05) is 36.5 Å². The van der Waals surface area contributed by atoms with Crippen molar-refractivity contribution in [2.75, 3.05) is 26.2 Å². The lowest BCUT2D eigenvalue weighted by Crippen LogP contribution is -2.36. The molecule has 1 aliphatic heterocycles. The summed E-state index contributed by atoms with van der Waals surface area (Å²) in [5.41, 5.74) is 1.71. The van der Waals surface area contributed by atoms with Gasteiger partial charge in [0.15, 0.2) is 0 Å². The molecule has 1 aromatic heterocycles. The predicted molar refractivity (Wildman–Crippen MR) is 119 cm³/mol. The lowest BCUT2D eigenvalue weighted by atomic mass is 10.3. The number of carbonyl (C=O) groups is 1. The van der Waals surface area contributed by atoms with Gasteiger partial charge in [0.25, 0.3) is 0 Å². The SMILES string of the molecule is O=C(/C=C/c1cnn(-c2ccccc2)c1)N1CCCN(S(=O)(=O)c2ccc(F)cc2)CC1. The standard InChI is InChI=1S/C23H23FN4O3S/c24-20-8-10-22(11-9-20)32(30,31)27-14-4-13-26(15-16-27)23(29)12-7-19-17-25-28(18-19)21-5-2-1-3-6-21/h1-3,5-12,17-18H,4,13-16H2/b12-7+. The predicted octanol–water partition coefficient (Wildman–Crippen LogP) is 2.95. The Morgan fingerprint density at radius 1 is 0.969 bits per heavy atom. The molecule has 0 N–H and O–H groups in total. The number of para-hydroxylation sites is 1. The van der Waals surface area contributed by atoms with Crippen molar-refractivity contribution in [3.05, 3.63) is 84.4 Å². The van der Waals surface area contributed by atoms with Crippen LogP contribution >= 0.6 is 0 Å². The lowest BCUT2D eigenvalue weighted by Gasteiger charge is -2.21. The molecular weight excluding hydrogens is 431 g/mol. The number of amides is 1. The summed E-state index contributed by atoms with van der Waals surface area (Å²) < 4.78 is 41.9. The normalized spacial score (nSPS) is 15.7. The number of halogens is 1. The zero-order valence-corrected chi connectivity index (χ0v) is 18.2. The minimum absolute atomic E-state index is 0.0500. The number of rotatable bonds is 5. The average molecular weight is 455 g/mol. The molecule has 0 saturated carbocycles. The highest BCUT2D eigenvalue weighted by molar-refractivity contribution is 7.89. The number of hydrogen-bond acceptors (Lipinski definition) is 4. The van der Waals surface area contributed by atoms with Crippen LogP contribution < -0.4 is 0 Å². The first-order valence-electron chi connectivity index (χ1n) is 10.3. The number of sulfonamides is 1. The lowest BCUT2D eigenvalue weighted by molar-refractivity contribution is -0.125. The maximum atomic E-state index is 13.1. The van der Waals surface area contributed by atoms with Crippen LogP contribution in [0.4, 0.5) is 4.39 Å². The molecule has 9 heteroatoms. The van der Waals surface area contributed by atoms with Gasteiger partial charge in [-0.2, -0.15) is 9.40 Å². The van der Waals surface area contributed by atoms with Crippen LogP contribution in [0.1, 0.15) is 12.0 Å². The monoisotopic (exact) mass is 454 g/mol. The van der Waals surface area contributed by atoms with Gasteiger partial charge in [-0.25, -0.2) is 17.5 Å². The van der Waals surface area contributed by atoms with E-state index in [4.69, 9.17) is 0 Å². The van der Waals surface area contributed by atoms with Crippen molar-refractivity contribution < 1.29 is 17.6 Å². The molecule has 1 amide bonds. The molecular formula is C23H23FN4O3S. The Hall–Kier alpha value is -3.30. The number of benzene rings is 2. The van der Waals surface area contributed by atoms with Crippen molar-refractivity contribution in [1.29, 1.82) is 0 Å². The van der Waals surface area contributed by atoms with E-state index >= 15 is 0 Å². The van der Waals surface area contributed by atoms with E-state index < -0.39 is 15.8 Å². The third-order valence-corrected chi connectivity index (χ3v) is 7.17. The largest absolute Gasteiger partial charge is 0.338 e. The van der Waals surface area contributed by atoms with Crippen LogP contribution in [0, 0.1) is 5.82 Å². The Morgan fingerprint density at radius 2 is 1.72 bits per heavy atom. The van der Waals surface area contributed by atoms with Crippen LogP contribution in [0.5, 0.6) is 0 Å². The van der Waals surface area contributed by atoms with Gasteiger partial charge in [-0.1, -0.05) is 18.2 Å². The fraction of sp³-hybridized carbons (Fsp3) is 0.217. The van der Waals surface area contributed by atoms with Gasteiger partial charge in [-0.05, 0) is 48.9 Å². The third-order valence-electron chi connectivity index (χ3n) is 5.26. The minimum atomic E-state index is -3.73. The summed E-state index contributed by atoms with van der Waals surface area (Å²) in [4.78, 5) is 14.4. The first-order chi connectivity index (χ1) is 15.4. The average Bonchev–Trinajstić information content (AvgIpc) is 3.13. The summed E-state index contributed by atoms with van der Waals surface area (Å²) in [6.45, 7) is 1.23. The van der Waals surface area contributed by atoms with Crippen LogP contribution in [0.15, 0.2) is 78.0 Å². The molecule has 1 fully saturated rings. The molecule has 2 aromatic carbocycles. The Kier molecular flexibility index (Phi) is 6.48. The highest BCUT2D eigenvalue weighted by Crippen LogP contribution is 2.18. The van der Waals surface area contributed by atoms with E-state index in [1.165, 1.54) is 22.5 Å². The first-order valence-corrected chi connectivity index (χ1v) is 11.7. The molecule has 1 aliphatic rings. The molecule has 0 unspecified atom stereocenters. The van der Waals surface area contributed by atoms with Crippen molar-refractivity contribution >= 4 is 22.0 Å². The van der Waals surface area contributed by atoms with Crippen LogP contribution in [0.25, 0.3) is 11.8 Å². The molecule has 32 heavy (non-hydrogen) atoms. The fourth-order valence-corrected chi connectivity index (χ4v) is 5.00. The van der Waals surface area contributed by atoms with Gasteiger partial charge < -0.3 is 4.90 Å². The third kappa shape index (κ3) is 4.95. The number of nitrogens with zero attached hydrogens (tertiary/aromatic N) is 4.